The van der Waals surface area contributed by atoms with Gasteiger partial charge in [0, 0.05) is 17.3 Å². The largest absolute Gasteiger partial charge is 0.508 e. The van der Waals surface area contributed by atoms with Crippen LogP contribution in [0.5, 0.6) is 5.75 Å². The summed E-state index contributed by atoms with van der Waals surface area (Å²) in [5, 5.41) is 18.8. The highest BCUT2D eigenvalue weighted by atomic mass is 16.4. The van der Waals surface area contributed by atoms with Crippen LogP contribution in [0.15, 0.2) is 48.5 Å². The number of benzene rings is 2. The molecular formula is C18H17NO4. The number of hydrogen-bond donors (Lipinski definition) is 2. The number of carboxylic acid groups (broad SMARTS) is 1. The summed E-state index contributed by atoms with van der Waals surface area (Å²) in [7, 11) is 0. The molecule has 0 saturated heterocycles. The number of aliphatic carboxylic acids is 1. The fraction of sp³-hybridized carbons (Fsp3) is 0.222. The zero-order chi connectivity index (χ0) is 16.6. The van der Waals surface area contributed by atoms with Crippen molar-refractivity contribution < 1.29 is 19.8 Å². The highest BCUT2D eigenvalue weighted by Crippen LogP contribution is 2.39. The van der Waals surface area contributed by atoms with Crippen LogP contribution >= 0.6 is 0 Å². The molecule has 23 heavy (non-hydrogen) atoms. The number of aromatic hydroxyl groups is 1. The first-order valence-corrected chi connectivity index (χ1v) is 7.43. The third-order valence-electron chi connectivity index (χ3n) is 4.22. The molecule has 1 heterocycles. The lowest BCUT2D eigenvalue weighted by Gasteiger charge is -2.38. The molecule has 0 radical (unpaired) electrons. The number of carbonyl (C=O) groups is 2. The molecule has 0 bridgehead atoms. The number of phenolic OH excluding ortho intramolecular Hbond substituents is 1. The van der Waals surface area contributed by atoms with Gasteiger partial charge >= 0.3 is 5.97 Å². The van der Waals surface area contributed by atoms with Crippen molar-refractivity contribution in [2.45, 2.75) is 25.3 Å². The van der Waals surface area contributed by atoms with Gasteiger partial charge in [-0.05, 0) is 49.2 Å². The van der Waals surface area contributed by atoms with E-state index in [0.29, 0.717) is 23.2 Å². The van der Waals surface area contributed by atoms with E-state index < -0.39 is 11.9 Å². The molecule has 5 heteroatoms. The van der Waals surface area contributed by atoms with E-state index in [-0.39, 0.29) is 17.7 Å². The Morgan fingerprint density at radius 1 is 1.09 bits per heavy atom. The van der Waals surface area contributed by atoms with Crippen molar-refractivity contribution in [1.82, 2.24) is 0 Å². The van der Waals surface area contributed by atoms with Crippen LogP contribution in [0.25, 0.3) is 0 Å². The second kappa shape index (κ2) is 5.76. The topological polar surface area (TPSA) is 77.8 Å². The Morgan fingerprint density at radius 2 is 1.74 bits per heavy atom. The van der Waals surface area contributed by atoms with Crippen LogP contribution in [0.4, 0.5) is 5.69 Å². The van der Waals surface area contributed by atoms with E-state index in [9.17, 15) is 19.8 Å². The number of carboxylic acids is 1. The number of nitrogens with zero attached hydrogens (tertiary/aromatic N) is 1. The first-order chi connectivity index (χ1) is 11.0. The van der Waals surface area contributed by atoms with Crippen molar-refractivity contribution in [3.8, 4) is 5.75 Å². The molecule has 118 valence electrons. The minimum absolute atomic E-state index is 0.0968. The van der Waals surface area contributed by atoms with E-state index >= 15 is 0 Å². The van der Waals surface area contributed by atoms with E-state index in [0.717, 1.165) is 0 Å². The van der Waals surface area contributed by atoms with Crippen LogP contribution < -0.4 is 4.90 Å². The number of hydrogen-bond acceptors (Lipinski definition) is 3. The summed E-state index contributed by atoms with van der Waals surface area (Å²) in [6, 6.07) is 13.0. The van der Waals surface area contributed by atoms with Gasteiger partial charge in [0.05, 0.1) is 5.92 Å². The van der Waals surface area contributed by atoms with Gasteiger partial charge in [0.1, 0.15) is 5.75 Å². The van der Waals surface area contributed by atoms with E-state index in [1.807, 2.05) is 6.92 Å². The second-order valence-electron chi connectivity index (χ2n) is 5.76. The number of rotatable bonds is 2. The van der Waals surface area contributed by atoms with E-state index in [2.05, 4.69) is 0 Å². The lowest BCUT2D eigenvalue weighted by Crippen LogP contribution is -2.44. The molecule has 2 N–H and O–H groups in total. The Bertz CT molecular complexity index is 754. The Hall–Kier alpha value is -2.82. The fourth-order valence-electron chi connectivity index (χ4n) is 3.10. The van der Waals surface area contributed by atoms with Gasteiger partial charge in [-0.25, -0.2) is 0 Å². The van der Waals surface area contributed by atoms with Crippen molar-refractivity contribution >= 4 is 17.6 Å². The van der Waals surface area contributed by atoms with E-state index in [1.54, 1.807) is 41.3 Å². The van der Waals surface area contributed by atoms with E-state index in [1.165, 1.54) is 12.1 Å². The summed E-state index contributed by atoms with van der Waals surface area (Å²) >= 11 is 0. The smallest absolute Gasteiger partial charge is 0.311 e. The number of anilines is 1. The summed E-state index contributed by atoms with van der Waals surface area (Å²) in [4.78, 5) is 26.0. The molecule has 0 spiro atoms. The molecule has 0 saturated carbocycles. The van der Waals surface area contributed by atoms with Gasteiger partial charge < -0.3 is 15.1 Å². The van der Waals surface area contributed by atoms with Crippen molar-refractivity contribution in [3.63, 3.8) is 0 Å². The van der Waals surface area contributed by atoms with Gasteiger partial charge in [0.15, 0.2) is 0 Å². The van der Waals surface area contributed by atoms with Crippen LogP contribution in [-0.2, 0) is 4.79 Å². The summed E-state index contributed by atoms with van der Waals surface area (Å²) in [5.41, 5.74) is 1.75. The normalized spacial score (nSPS) is 20.0. The number of fused-ring (bicyclic) bond motifs is 1. The molecule has 0 fully saturated rings. The van der Waals surface area contributed by atoms with Crippen LogP contribution in [-0.4, -0.2) is 28.1 Å². The molecule has 1 aliphatic rings. The lowest BCUT2D eigenvalue weighted by molar-refractivity contribution is -0.139. The fourth-order valence-corrected chi connectivity index (χ4v) is 3.10. The lowest BCUT2D eigenvalue weighted by atomic mass is 9.85. The molecule has 2 atom stereocenters. The molecule has 2 aromatic rings. The number of amides is 1. The number of phenols is 1. The van der Waals surface area contributed by atoms with Crippen LogP contribution in [0, 0.1) is 0 Å². The Kier molecular flexibility index (Phi) is 3.78. The summed E-state index contributed by atoms with van der Waals surface area (Å²) < 4.78 is 0. The van der Waals surface area contributed by atoms with Crippen molar-refractivity contribution in [1.29, 1.82) is 0 Å². The first-order valence-electron chi connectivity index (χ1n) is 7.43. The third kappa shape index (κ3) is 2.65. The Morgan fingerprint density at radius 3 is 2.39 bits per heavy atom. The number of carbonyl (C=O) groups excluding carboxylic acids is 1. The summed E-state index contributed by atoms with van der Waals surface area (Å²) in [6.07, 6.45) is 0.371. The Labute approximate surface area is 133 Å². The SMILES string of the molecule is C[C@H]1CC(C(=O)O)c2ccccc2N1C(=O)c1ccc(O)cc1. The standard InChI is InChI=1S/C18H17NO4/c1-11-10-15(18(22)23)14-4-2-3-5-16(14)19(11)17(21)12-6-8-13(20)9-7-12/h2-9,11,15,20H,10H2,1H3,(H,22,23)/t11-,15?/m0/s1. The maximum absolute atomic E-state index is 12.9. The summed E-state index contributed by atoms with van der Waals surface area (Å²) in [6.45, 7) is 1.85. The second-order valence-corrected chi connectivity index (χ2v) is 5.76. The van der Waals surface area contributed by atoms with E-state index in [4.69, 9.17) is 0 Å². The molecular weight excluding hydrogens is 294 g/mol. The molecule has 5 nitrogen and oxygen atoms in total. The van der Waals surface area contributed by atoms with Crippen LogP contribution in [0.2, 0.25) is 0 Å². The van der Waals surface area contributed by atoms with Crippen LogP contribution in [0.3, 0.4) is 0 Å². The zero-order valence-corrected chi connectivity index (χ0v) is 12.6. The van der Waals surface area contributed by atoms with Crippen molar-refractivity contribution in [2.75, 3.05) is 4.90 Å². The van der Waals surface area contributed by atoms with Crippen molar-refractivity contribution in [2.24, 2.45) is 0 Å². The van der Waals surface area contributed by atoms with Crippen molar-refractivity contribution in [3.05, 3.63) is 59.7 Å². The average molecular weight is 311 g/mol. The van der Waals surface area contributed by atoms with Crippen LogP contribution in [0.1, 0.15) is 35.2 Å². The highest BCUT2D eigenvalue weighted by molar-refractivity contribution is 6.07. The molecule has 1 aliphatic heterocycles. The average Bonchev–Trinajstić information content (AvgIpc) is 2.54. The predicted molar refractivity (Wildman–Crippen MR) is 85.8 cm³/mol. The van der Waals surface area contributed by atoms with Gasteiger partial charge in [-0.2, -0.15) is 0 Å². The maximum Gasteiger partial charge on any atom is 0.311 e. The minimum atomic E-state index is -0.874. The predicted octanol–water partition coefficient (Wildman–Crippen LogP) is 3.00. The first kappa shape index (κ1) is 15.1. The monoisotopic (exact) mass is 311 g/mol. The molecule has 0 aliphatic carbocycles. The molecule has 3 rings (SSSR count). The molecule has 1 amide bonds. The number of para-hydroxylation sites is 1. The molecule has 2 aromatic carbocycles. The van der Waals surface area contributed by atoms with Gasteiger partial charge in [-0.1, -0.05) is 18.2 Å². The minimum Gasteiger partial charge on any atom is -0.508 e. The Balaban J connectivity index is 2.05. The van der Waals surface area contributed by atoms with Gasteiger partial charge in [-0.3, -0.25) is 9.59 Å². The molecule has 0 aromatic heterocycles. The van der Waals surface area contributed by atoms with Gasteiger partial charge in [0.25, 0.3) is 5.91 Å². The molecule has 1 unspecified atom stereocenters. The zero-order valence-electron chi connectivity index (χ0n) is 12.6. The summed E-state index contributed by atoms with van der Waals surface area (Å²) in [5.74, 6) is -1.58. The maximum atomic E-state index is 12.9. The third-order valence-corrected chi connectivity index (χ3v) is 4.22. The van der Waals surface area contributed by atoms with Gasteiger partial charge in [0.2, 0.25) is 0 Å². The van der Waals surface area contributed by atoms with Gasteiger partial charge in [-0.15, -0.1) is 0 Å². The quantitative estimate of drug-likeness (QED) is 0.893. The highest BCUT2D eigenvalue weighted by Gasteiger charge is 2.37.